The minimum absolute atomic E-state index is 0.153. The minimum Gasteiger partial charge on any atom is -0.506 e. The van der Waals surface area contributed by atoms with Crippen LogP contribution in [0.1, 0.15) is 44.5 Å². The van der Waals surface area contributed by atoms with Crippen LogP contribution in [0.15, 0.2) is 140 Å². The summed E-state index contributed by atoms with van der Waals surface area (Å²) in [5.74, 6) is 2.28. The number of benzene rings is 4. The van der Waals surface area contributed by atoms with Gasteiger partial charge in [0.1, 0.15) is 46.2 Å². The molecule has 0 saturated carbocycles. The molecule has 0 amide bonds. The normalized spacial score (nSPS) is 10.8. The quantitative estimate of drug-likeness (QED) is 0.119. The third kappa shape index (κ3) is 11.4. The van der Waals surface area contributed by atoms with Crippen molar-refractivity contribution < 1.29 is 19.7 Å². The number of phenols is 2. The molecule has 8 aromatic rings. The standard InChI is InChI=1S/C23H20ClN3O.C9H7NO.C8H7ClO2.C6H8N2/c1-14-8-9-17(13-19(14)24)21(27-20-7-3-5-15(2)26-20)18-11-10-16-6-4-12-25-22(16)23(18)28;11-8-5-1-3-7-4-2-6-10-9(7)8;1-11-8-3-2-6(5-10)4-7(8)9;1-5-3-2-4-6(7)8-5/h3-13,21,28H,1-2H3,(H,26,27);1-6,11H;2-5H,1H3;2-4H,1H3,(H2,7,8). The van der Waals surface area contributed by atoms with Crippen LogP contribution in [0, 0.1) is 20.8 Å². The molecule has 1 unspecified atom stereocenters. The van der Waals surface area contributed by atoms with Crippen LogP contribution >= 0.6 is 23.2 Å². The number of rotatable bonds is 6. The summed E-state index contributed by atoms with van der Waals surface area (Å²) in [6, 6.07) is 38.6. The van der Waals surface area contributed by atoms with Crippen LogP contribution in [-0.2, 0) is 0 Å². The number of aldehydes is 1. The van der Waals surface area contributed by atoms with Gasteiger partial charge in [-0.05, 0) is 98.6 Å². The van der Waals surface area contributed by atoms with Gasteiger partial charge < -0.3 is 26.0 Å². The van der Waals surface area contributed by atoms with Crippen molar-refractivity contribution >= 4 is 62.9 Å². The third-order valence-electron chi connectivity index (χ3n) is 8.63. The summed E-state index contributed by atoms with van der Waals surface area (Å²) in [5.41, 5.74) is 11.7. The van der Waals surface area contributed by atoms with E-state index in [0.29, 0.717) is 38.2 Å². The Kier molecular flexibility index (Phi) is 14.9. The molecule has 0 aliphatic heterocycles. The van der Waals surface area contributed by atoms with Gasteiger partial charge in [-0.1, -0.05) is 83.9 Å². The SMILES string of the molecule is COc1ccc(C=O)cc1Cl.Cc1cccc(N)n1.Cc1cccc(NC(c2ccc(C)c(Cl)c2)c2ccc3cccnc3c2O)n1.Oc1cccc2cccnc12. The third-order valence-corrected chi connectivity index (χ3v) is 9.34. The first-order valence-electron chi connectivity index (χ1n) is 18.0. The second kappa shape index (κ2) is 20.4. The Morgan fingerprint density at radius 2 is 1.36 bits per heavy atom. The second-order valence-corrected chi connectivity index (χ2v) is 13.7. The van der Waals surface area contributed by atoms with Crippen molar-refractivity contribution in [3.05, 3.63) is 183 Å². The maximum atomic E-state index is 11.0. The van der Waals surface area contributed by atoms with Crippen LogP contribution in [0.2, 0.25) is 10.0 Å². The van der Waals surface area contributed by atoms with E-state index < -0.39 is 0 Å². The number of carbonyl (C=O) groups excluding carboxylic acids is 1. The number of nitrogens with zero attached hydrogens (tertiary/aromatic N) is 4. The number of aromatic hydroxyl groups is 2. The molecule has 4 aromatic carbocycles. The number of para-hydroxylation sites is 1. The van der Waals surface area contributed by atoms with Crippen molar-refractivity contribution in [1.29, 1.82) is 0 Å². The number of methoxy groups -OCH3 is 1. The molecule has 1 atom stereocenters. The zero-order chi connectivity index (χ0) is 41.6. The molecule has 5 N–H and O–H groups in total. The van der Waals surface area contributed by atoms with Crippen LogP contribution in [0.25, 0.3) is 21.8 Å². The number of fused-ring (bicyclic) bond motifs is 2. The fourth-order valence-electron chi connectivity index (χ4n) is 5.69. The van der Waals surface area contributed by atoms with Crippen molar-refractivity contribution in [2.24, 2.45) is 0 Å². The largest absolute Gasteiger partial charge is 0.506 e. The first-order chi connectivity index (χ1) is 28.0. The molecule has 0 aliphatic carbocycles. The predicted octanol–water partition coefficient (Wildman–Crippen LogP) is 10.9. The number of ether oxygens (including phenoxy) is 1. The number of pyridine rings is 4. The number of phenolic OH excluding ortho intramolecular Hbond substituents is 2. The maximum Gasteiger partial charge on any atom is 0.150 e. The fourth-order valence-corrected chi connectivity index (χ4v) is 6.14. The first-order valence-corrected chi connectivity index (χ1v) is 18.8. The minimum atomic E-state index is -0.334. The Morgan fingerprint density at radius 3 is 1.97 bits per heavy atom. The molecule has 12 heteroatoms. The van der Waals surface area contributed by atoms with E-state index in [0.717, 1.165) is 51.0 Å². The summed E-state index contributed by atoms with van der Waals surface area (Å²) in [5, 5.41) is 26.7. The lowest BCUT2D eigenvalue weighted by Gasteiger charge is -2.22. The molecule has 4 heterocycles. The number of hydrogen-bond donors (Lipinski definition) is 4. The van der Waals surface area contributed by atoms with Gasteiger partial charge in [0.2, 0.25) is 0 Å². The number of aromatic nitrogens is 4. The van der Waals surface area contributed by atoms with Crippen molar-refractivity contribution in [1.82, 2.24) is 19.9 Å². The molecule has 10 nitrogen and oxygen atoms in total. The molecule has 294 valence electrons. The van der Waals surface area contributed by atoms with E-state index >= 15 is 0 Å². The number of halogens is 2. The molecule has 0 aliphatic rings. The lowest BCUT2D eigenvalue weighted by Crippen LogP contribution is -2.14. The lowest BCUT2D eigenvalue weighted by molar-refractivity contribution is 0.112. The Bertz CT molecular complexity index is 2620. The van der Waals surface area contributed by atoms with Crippen molar-refractivity contribution in [2.45, 2.75) is 26.8 Å². The predicted molar refractivity (Wildman–Crippen MR) is 234 cm³/mol. The number of nitrogens with two attached hydrogens (primary N) is 1. The average Bonchev–Trinajstić information content (AvgIpc) is 3.22. The van der Waals surface area contributed by atoms with Gasteiger partial charge in [-0.15, -0.1) is 0 Å². The van der Waals surface area contributed by atoms with Crippen LogP contribution in [-0.4, -0.2) is 43.5 Å². The molecule has 0 bridgehead atoms. The molecule has 0 radical (unpaired) electrons. The fraction of sp³-hybridized carbons (Fsp3) is 0.109. The first kappa shape index (κ1) is 42.4. The van der Waals surface area contributed by atoms with Crippen LogP contribution < -0.4 is 15.8 Å². The van der Waals surface area contributed by atoms with Gasteiger partial charge in [0.05, 0.1) is 18.2 Å². The van der Waals surface area contributed by atoms with E-state index in [1.54, 1.807) is 48.8 Å². The van der Waals surface area contributed by atoms with Gasteiger partial charge >= 0.3 is 0 Å². The summed E-state index contributed by atoms with van der Waals surface area (Å²) in [4.78, 5) is 27.1. The summed E-state index contributed by atoms with van der Waals surface area (Å²) in [7, 11) is 1.53. The second-order valence-electron chi connectivity index (χ2n) is 12.9. The zero-order valence-electron chi connectivity index (χ0n) is 32.3. The smallest absolute Gasteiger partial charge is 0.150 e. The van der Waals surface area contributed by atoms with Gasteiger partial charge in [-0.2, -0.15) is 0 Å². The molecular weight excluding hydrogens is 771 g/mol. The summed E-state index contributed by atoms with van der Waals surface area (Å²) >= 11 is 12.1. The monoisotopic (exact) mass is 812 g/mol. The van der Waals surface area contributed by atoms with E-state index in [1.165, 1.54) is 7.11 Å². The van der Waals surface area contributed by atoms with E-state index in [9.17, 15) is 15.0 Å². The number of nitrogens with one attached hydrogen (secondary N) is 1. The molecule has 0 saturated heterocycles. The van der Waals surface area contributed by atoms with Crippen LogP contribution in [0.4, 0.5) is 11.6 Å². The van der Waals surface area contributed by atoms with Gasteiger partial charge in [0.15, 0.2) is 0 Å². The molecule has 4 aromatic heterocycles. The van der Waals surface area contributed by atoms with Crippen molar-refractivity contribution in [2.75, 3.05) is 18.2 Å². The Morgan fingerprint density at radius 1 is 0.707 bits per heavy atom. The maximum absolute atomic E-state index is 11.0. The van der Waals surface area contributed by atoms with E-state index in [2.05, 4.69) is 25.3 Å². The van der Waals surface area contributed by atoms with Gasteiger partial charge in [-0.25, -0.2) is 9.97 Å². The van der Waals surface area contributed by atoms with Gasteiger partial charge in [-0.3, -0.25) is 14.8 Å². The topological polar surface area (TPSA) is 156 Å². The van der Waals surface area contributed by atoms with Crippen molar-refractivity contribution in [3.63, 3.8) is 0 Å². The zero-order valence-corrected chi connectivity index (χ0v) is 33.8. The number of anilines is 2. The lowest BCUT2D eigenvalue weighted by atomic mass is 9.95. The Balaban J connectivity index is 0.000000174. The Labute approximate surface area is 347 Å². The van der Waals surface area contributed by atoms with Gasteiger partial charge in [0, 0.05) is 50.7 Å². The highest BCUT2D eigenvalue weighted by atomic mass is 35.5. The highest BCUT2D eigenvalue weighted by molar-refractivity contribution is 6.32. The summed E-state index contributed by atoms with van der Waals surface area (Å²) in [6.45, 7) is 5.82. The average molecular weight is 814 g/mol. The molecular formula is C46H42Cl2N6O4. The number of carbonyl (C=O) groups is 1. The highest BCUT2D eigenvalue weighted by Gasteiger charge is 2.21. The summed E-state index contributed by atoms with van der Waals surface area (Å²) < 4.78 is 4.90. The highest BCUT2D eigenvalue weighted by Crippen LogP contribution is 2.37. The number of nitrogen functional groups attached to an aromatic ring is 1. The van der Waals surface area contributed by atoms with E-state index in [4.69, 9.17) is 33.7 Å². The number of aryl methyl sites for hydroxylation is 3. The van der Waals surface area contributed by atoms with Crippen LogP contribution in [0.3, 0.4) is 0 Å². The molecule has 58 heavy (non-hydrogen) atoms. The molecule has 8 rings (SSSR count). The number of hydrogen-bond acceptors (Lipinski definition) is 10. The van der Waals surface area contributed by atoms with E-state index in [-0.39, 0.29) is 17.5 Å². The van der Waals surface area contributed by atoms with Crippen LogP contribution in [0.5, 0.6) is 17.2 Å². The van der Waals surface area contributed by atoms with E-state index in [1.807, 2.05) is 112 Å². The Hall–Kier alpha value is -6.75. The molecule has 0 fully saturated rings. The summed E-state index contributed by atoms with van der Waals surface area (Å²) in [6.07, 6.45) is 4.09. The van der Waals surface area contributed by atoms with Gasteiger partial charge in [0.25, 0.3) is 0 Å². The molecule has 0 spiro atoms. The van der Waals surface area contributed by atoms with Crippen molar-refractivity contribution in [3.8, 4) is 17.2 Å².